The number of ether oxygens (including phenoxy) is 1. The van der Waals surface area contributed by atoms with Crippen LogP contribution < -0.4 is 49.5 Å². The van der Waals surface area contributed by atoms with Gasteiger partial charge < -0.3 is 69.2 Å². The van der Waals surface area contributed by atoms with Crippen LogP contribution in [-0.2, 0) is 60.7 Å². The van der Waals surface area contributed by atoms with Gasteiger partial charge in [-0.05, 0) is 62.3 Å². The zero-order chi connectivity index (χ0) is 50.9. The normalized spacial score (nSPS) is 24.1. The van der Waals surface area contributed by atoms with Crippen LogP contribution in [0.3, 0.4) is 0 Å². The van der Waals surface area contributed by atoms with Crippen LogP contribution in [0.1, 0.15) is 56.6 Å². The molecule has 8 atom stereocenters. The number of aromatic hydroxyl groups is 1. The second-order valence-corrected chi connectivity index (χ2v) is 19.7. The topological polar surface area (TPSA) is 366 Å². The third-order valence-electron chi connectivity index (χ3n) is 11.8. The summed E-state index contributed by atoms with van der Waals surface area (Å²) in [6, 6.07) is 8.19. The van der Waals surface area contributed by atoms with E-state index in [1.165, 1.54) is 34.8 Å². The molecule has 2 bridgehead atoms. The Morgan fingerprint density at radius 3 is 2.30 bits per heavy atom. The van der Waals surface area contributed by atoms with Gasteiger partial charge in [-0.25, -0.2) is 0 Å². The van der Waals surface area contributed by atoms with Crippen LogP contribution in [0.4, 0.5) is 0 Å². The van der Waals surface area contributed by atoms with Crippen LogP contribution in [-0.4, -0.2) is 160 Å². The number of morpholine rings is 1. The fraction of sp³-hybridized carbons (Fsp3) is 0.511. The van der Waals surface area contributed by atoms with Crippen molar-refractivity contribution in [1.82, 2.24) is 36.4 Å². The van der Waals surface area contributed by atoms with Gasteiger partial charge >= 0.3 is 0 Å². The lowest BCUT2D eigenvalue weighted by atomic mass is 9.96. The Morgan fingerprint density at radius 2 is 1.61 bits per heavy atom. The molecule has 25 heteroatoms. The lowest BCUT2D eigenvalue weighted by Gasteiger charge is -2.43. The van der Waals surface area contributed by atoms with E-state index >= 15 is 0 Å². The van der Waals surface area contributed by atoms with E-state index in [1.54, 1.807) is 12.1 Å². The average molecular weight is 1010 g/mol. The number of guanidine groups is 1. The fourth-order valence-corrected chi connectivity index (χ4v) is 10.4. The van der Waals surface area contributed by atoms with Gasteiger partial charge in [-0.3, -0.25) is 48.1 Å². The van der Waals surface area contributed by atoms with Crippen molar-refractivity contribution >= 4 is 80.7 Å². The number of carbonyl (C=O) groups is 9. The standard InChI is InChI=1S/C45H62N12O11S2/c1-25-43(66)57-23-35(68-25)30(19-26-7-3-2-4-8-26)54-40(63)31(20-27-11-13-28(58)14-12-27)52-38(61)15-18-69-70-24-32(55-42(65)34(57)21-36(46)59)44(67)56-17-6-10-33(56)41(64)53-29(9-5-16-50-45(48)49)39(62)51-22-37(47)60/h2-4,7-8,11-14,25,29-35,58H,5-6,9-10,15-24H2,1H3,(H2,46,59)(H2,47,60)(H,51,62)(H,52,61)(H,53,64)(H,54,63)(H,55,65)(H4,48,49,50)/t25-,29+,30-,31-,32-,33-,34-,35+/m0/s1. The number of fused-ring (bicyclic) bond motifs is 2. The van der Waals surface area contributed by atoms with Crippen molar-refractivity contribution in [1.29, 1.82) is 0 Å². The highest BCUT2D eigenvalue weighted by Gasteiger charge is 2.45. The molecule has 2 aromatic rings. The van der Waals surface area contributed by atoms with Gasteiger partial charge in [0.05, 0.1) is 25.1 Å². The minimum absolute atomic E-state index is 0.0160. The smallest absolute Gasteiger partial charge is 0.252 e. The number of phenols is 1. The van der Waals surface area contributed by atoms with Crippen molar-refractivity contribution in [3.05, 3.63) is 65.7 Å². The fourth-order valence-electron chi connectivity index (χ4n) is 8.28. The van der Waals surface area contributed by atoms with E-state index in [0.29, 0.717) is 12.0 Å². The molecule has 0 radical (unpaired) electrons. The highest BCUT2D eigenvalue weighted by atomic mass is 33.1. The summed E-state index contributed by atoms with van der Waals surface area (Å²) in [5.74, 6) is -6.42. The largest absolute Gasteiger partial charge is 0.508 e. The molecule has 3 aliphatic heterocycles. The summed E-state index contributed by atoms with van der Waals surface area (Å²) < 4.78 is 6.25. The molecular weight excluding hydrogens is 949 g/mol. The first-order chi connectivity index (χ1) is 33.4. The number of nitrogens with zero attached hydrogens (tertiary/aromatic N) is 3. The predicted octanol–water partition coefficient (Wildman–Crippen LogP) is -2.59. The SMILES string of the molecule is C[C@@H]1O[C@@H]2CN(C1=O)[C@@H](CC(N)=O)C(=O)N[C@H](C(=O)N1CCC[C@H]1C(=O)N[C@H](CCCN=C(N)N)C(=O)NCC(N)=O)CSSCCC(=O)N[C@@H](Cc1ccc(O)cc1)C(=O)N[C@H]2Cc1ccccc1. The molecule has 0 spiro atoms. The summed E-state index contributed by atoms with van der Waals surface area (Å²) in [6.45, 7) is 0.894. The van der Waals surface area contributed by atoms with Gasteiger partial charge in [0.1, 0.15) is 42.1 Å². The molecule has 70 heavy (non-hydrogen) atoms. The Hall–Kier alpha value is -6.60. The van der Waals surface area contributed by atoms with Crippen LogP contribution in [0, 0.1) is 0 Å². The minimum Gasteiger partial charge on any atom is -0.508 e. The van der Waals surface area contributed by atoms with E-state index in [0.717, 1.165) is 21.3 Å². The molecule has 380 valence electrons. The molecule has 0 aromatic heterocycles. The number of primary amides is 2. The number of likely N-dealkylation sites (tertiary alicyclic amines) is 1. The van der Waals surface area contributed by atoms with Crippen LogP contribution in [0.5, 0.6) is 5.75 Å². The average Bonchev–Trinajstić information content (AvgIpc) is 3.82. The van der Waals surface area contributed by atoms with E-state index in [2.05, 4.69) is 31.6 Å². The number of nitrogens with two attached hydrogens (primary N) is 4. The summed E-state index contributed by atoms with van der Waals surface area (Å²) in [5, 5.41) is 23.6. The van der Waals surface area contributed by atoms with E-state index in [4.69, 9.17) is 27.7 Å². The molecule has 0 saturated carbocycles. The number of benzene rings is 2. The predicted molar refractivity (Wildman–Crippen MR) is 260 cm³/mol. The highest BCUT2D eigenvalue weighted by molar-refractivity contribution is 8.76. The maximum absolute atomic E-state index is 14.6. The molecule has 14 N–H and O–H groups in total. The summed E-state index contributed by atoms with van der Waals surface area (Å²) in [6.07, 6.45) is -1.75. The van der Waals surface area contributed by atoms with Crippen molar-refractivity contribution in [3.63, 3.8) is 0 Å². The maximum Gasteiger partial charge on any atom is 0.252 e. The Kier molecular flexibility index (Phi) is 20.5. The molecule has 9 amide bonds. The molecule has 0 unspecified atom stereocenters. The van der Waals surface area contributed by atoms with Gasteiger partial charge in [0.2, 0.25) is 47.3 Å². The zero-order valence-corrected chi connectivity index (χ0v) is 40.3. The monoisotopic (exact) mass is 1010 g/mol. The first-order valence-corrected chi connectivity index (χ1v) is 25.3. The van der Waals surface area contributed by atoms with Crippen LogP contribution in [0.25, 0.3) is 0 Å². The van der Waals surface area contributed by atoms with Gasteiger partial charge in [0, 0.05) is 44.0 Å². The van der Waals surface area contributed by atoms with Crippen molar-refractivity contribution in [2.45, 2.75) is 107 Å². The van der Waals surface area contributed by atoms with Gasteiger partial charge in [-0.15, -0.1) is 0 Å². The quantitative estimate of drug-likeness (QED) is 0.0357. The Morgan fingerprint density at radius 1 is 0.900 bits per heavy atom. The van der Waals surface area contributed by atoms with Gasteiger partial charge in [0.15, 0.2) is 5.96 Å². The van der Waals surface area contributed by atoms with Crippen molar-refractivity contribution in [2.24, 2.45) is 27.9 Å². The Labute approximate surface area is 412 Å². The van der Waals surface area contributed by atoms with Crippen molar-refractivity contribution in [2.75, 3.05) is 37.7 Å². The molecule has 3 aliphatic rings. The minimum atomic E-state index is -1.54. The summed E-state index contributed by atoms with van der Waals surface area (Å²) >= 11 is 0. The molecule has 0 aliphatic carbocycles. The third-order valence-corrected chi connectivity index (χ3v) is 14.2. The van der Waals surface area contributed by atoms with Crippen molar-refractivity contribution < 1.29 is 53.0 Å². The number of carbonyl (C=O) groups excluding carboxylic acids is 9. The molecule has 3 saturated heterocycles. The van der Waals surface area contributed by atoms with Crippen molar-refractivity contribution in [3.8, 4) is 5.75 Å². The van der Waals surface area contributed by atoms with Crippen LogP contribution in [0.2, 0.25) is 0 Å². The molecule has 2 aromatic carbocycles. The van der Waals surface area contributed by atoms with E-state index in [-0.39, 0.29) is 81.4 Å². The number of amides is 9. The molecular formula is C45H62N12O11S2. The maximum atomic E-state index is 14.6. The first-order valence-electron chi connectivity index (χ1n) is 22.8. The molecule has 23 nitrogen and oxygen atoms in total. The second kappa shape index (κ2) is 26.4. The van der Waals surface area contributed by atoms with Gasteiger partial charge in [-0.2, -0.15) is 0 Å². The number of hydrogen-bond donors (Lipinski definition) is 10. The van der Waals surface area contributed by atoms with E-state index in [1.807, 2.05) is 30.3 Å². The molecule has 3 heterocycles. The van der Waals surface area contributed by atoms with Crippen LogP contribution in [0.15, 0.2) is 59.6 Å². The third kappa shape index (κ3) is 16.3. The van der Waals surface area contributed by atoms with Gasteiger partial charge in [-0.1, -0.05) is 64.1 Å². The first kappa shape index (κ1) is 54.3. The lowest BCUT2D eigenvalue weighted by Crippen LogP contribution is -2.65. The molecule has 3 fully saturated rings. The van der Waals surface area contributed by atoms with E-state index in [9.17, 15) is 48.3 Å². The van der Waals surface area contributed by atoms with Crippen LogP contribution >= 0.6 is 21.6 Å². The summed E-state index contributed by atoms with van der Waals surface area (Å²) in [5.41, 5.74) is 23.2. The zero-order valence-electron chi connectivity index (χ0n) is 38.7. The number of rotatable bonds is 16. The Bertz CT molecular complexity index is 2240. The van der Waals surface area contributed by atoms with Gasteiger partial charge in [0.25, 0.3) is 5.91 Å². The molecule has 5 rings (SSSR count). The number of nitrogens with one attached hydrogen (secondary N) is 5. The van der Waals surface area contributed by atoms with E-state index < -0.39 is 115 Å². The summed E-state index contributed by atoms with van der Waals surface area (Å²) in [4.78, 5) is 129. The summed E-state index contributed by atoms with van der Waals surface area (Å²) in [7, 11) is 2.35. The Balaban J connectivity index is 1.45. The number of phenolic OH excluding ortho intramolecular Hbond substituents is 1. The number of hydrogen-bond acceptors (Lipinski definition) is 14. The number of aliphatic imine (C=N–C) groups is 1. The lowest BCUT2D eigenvalue weighted by molar-refractivity contribution is -0.170. The second-order valence-electron chi connectivity index (χ2n) is 17.1. The highest BCUT2D eigenvalue weighted by Crippen LogP contribution is 2.27.